The van der Waals surface area contributed by atoms with Crippen molar-refractivity contribution >= 4 is 17.6 Å². The number of piperidine rings is 1. The van der Waals surface area contributed by atoms with Gasteiger partial charge in [-0.15, -0.1) is 0 Å². The number of carbonyl (C=O) groups excluding carboxylic acids is 2. The molecule has 2 aromatic rings. The molecule has 2 amide bonds. The molecule has 0 atom stereocenters. The molecule has 2 heterocycles. The van der Waals surface area contributed by atoms with Crippen LogP contribution in [0.25, 0.3) is 0 Å². The van der Waals surface area contributed by atoms with Gasteiger partial charge in [-0.2, -0.15) is 0 Å². The first-order valence-electron chi connectivity index (χ1n) is 9.18. The summed E-state index contributed by atoms with van der Waals surface area (Å²) in [6.45, 7) is 6.63. The first kappa shape index (κ1) is 18.9. The van der Waals surface area contributed by atoms with Crippen molar-refractivity contribution in [1.82, 2.24) is 9.88 Å². The highest BCUT2D eigenvalue weighted by molar-refractivity contribution is 5.98. The Bertz CT molecular complexity index is 854. The second-order valence-electron chi connectivity index (χ2n) is 7.18. The first-order valence-corrected chi connectivity index (χ1v) is 9.18. The number of aromatic hydroxyl groups is 1. The third kappa shape index (κ3) is 4.10. The van der Waals surface area contributed by atoms with Crippen molar-refractivity contribution < 1.29 is 14.7 Å². The smallest absolute Gasteiger partial charge is 0.257 e. The van der Waals surface area contributed by atoms with E-state index in [0.29, 0.717) is 37.3 Å². The predicted molar refractivity (Wildman–Crippen MR) is 104 cm³/mol. The highest BCUT2D eigenvalue weighted by atomic mass is 16.3. The van der Waals surface area contributed by atoms with Crippen molar-refractivity contribution in [3.05, 3.63) is 52.7 Å². The summed E-state index contributed by atoms with van der Waals surface area (Å²) >= 11 is 0. The van der Waals surface area contributed by atoms with E-state index in [1.165, 1.54) is 0 Å². The van der Waals surface area contributed by atoms with Crippen LogP contribution in [0.3, 0.4) is 0 Å². The molecular weight excluding hydrogens is 342 g/mol. The molecule has 6 nitrogen and oxygen atoms in total. The summed E-state index contributed by atoms with van der Waals surface area (Å²) < 4.78 is 0. The number of hydrogen-bond donors (Lipinski definition) is 2. The molecule has 1 aromatic carbocycles. The summed E-state index contributed by atoms with van der Waals surface area (Å²) in [7, 11) is 0. The third-order valence-electron chi connectivity index (χ3n) is 5.25. The Hall–Kier alpha value is -2.89. The Morgan fingerprint density at radius 1 is 1.11 bits per heavy atom. The van der Waals surface area contributed by atoms with Gasteiger partial charge in [0.25, 0.3) is 5.91 Å². The summed E-state index contributed by atoms with van der Waals surface area (Å²) in [5.41, 5.74) is 3.03. The van der Waals surface area contributed by atoms with Crippen molar-refractivity contribution in [1.29, 1.82) is 0 Å². The Balaban J connectivity index is 1.60. The number of likely N-dealkylation sites (tertiary alicyclic amines) is 1. The van der Waals surface area contributed by atoms with Crippen molar-refractivity contribution in [3.63, 3.8) is 0 Å². The quantitative estimate of drug-likeness (QED) is 0.873. The standard InChI is InChI=1S/C21H25N3O3/c1-13-4-7-18(22-12-13)23-20(26)16-8-10-24(11-9-16)21(27)17-6-5-14(2)15(3)19(17)25/h4-7,12,16,25H,8-11H2,1-3H3,(H,22,23,26). The third-order valence-corrected chi connectivity index (χ3v) is 5.25. The summed E-state index contributed by atoms with van der Waals surface area (Å²) in [5, 5.41) is 13.1. The lowest BCUT2D eigenvalue weighted by atomic mass is 9.95. The maximum absolute atomic E-state index is 12.7. The number of phenols is 1. The van der Waals surface area contributed by atoms with Gasteiger partial charge in [-0.3, -0.25) is 9.59 Å². The molecule has 1 aliphatic heterocycles. The number of aromatic nitrogens is 1. The molecule has 0 bridgehead atoms. The molecule has 6 heteroatoms. The Kier molecular flexibility index (Phi) is 5.44. The number of benzene rings is 1. The van der Waals surface area contributed by atoms with Gasteiger partial charge >= 0.3 is 0 Å². The topological polar surface area (TPSA) is 82.5 Å². The highest BCUT2D eigenvalue weighted by Crippen LogP contribution is 2.28. The number of pyridine rings is 1. The number of carbonyl (C=O) groups is 2. The second-order valence-corrected chi connectivity index (χ2v) is 7.18. The van der Waals surface area contributed by atoms with E-state index in [1.54, 1.807) is 30.2 Å². The van der Waals surface area contributed by atoms with Crippen LogP contribution in [0.1, 0.15) is 39.9 Å². The van der Waals surface area contributed by atoms with Gasteiger partial charge in [-0.05, 0) is 62.4 Å². The van der Waals surface area contributed by atoms with Crippen LogP contribution < -0.4 is 5.32 Å². The molecule has 2 N–H and O–H groups in total. The molecule has 142 valence electrons. The summed E-state index contributed by atoms with van der Waals surface area (Å²) in [4.78, 5) is 31.1. The molecule has 3 rings (SSSR count). The van der Waals surface area contributed by atoms with Crippen molar-refractivity contribution in [2.45, 2.75) is 33.6 Å². The van der Waals surface area contributed by atoms with Gasteiger partial charge in [0, 0.05) is 25.2 Å². The zero-order valence-electron chi connectivity index (χ0n) is 16.0. The average molecular weight is 367 g/mol. The van der Waals surface area contributed by atoms with Crippen molar-refractivity contribution in [3.8, 4) is 5.75 Å². The average Bonchev–Trinajstić information content (AvgIpc) is 2.67. The van der Waals surface area contributed by atoms with Gasteiger partial charge in [0.15, 0.2) is 0 Å². The van der Waals surface area contributed by atoms with Crippen LogP contribution in [0.5, 0.6) is 5.75 Å². The Labute approximate surface area is 159 Å². The lowest BCUT2D eigenvalue weighted by molar-refractivity contribution is -0.121. The maximum atomic E-state index is 12.7. The number of nitrogens with zero attached hydrogens (tertiary/aromatic N) is 2. The normalized spacial score (nSPS) is 14.9. The number of aryl methyl sites for hydroxylation is 2. The number of amides is 2. The number of anilines is 1. The summed E-state index contributed by atoms with van der Waals surface area (Å²) in [6.07, 6.45) is 2.90. The van der Waals surface area contributed by atoms with Crippen LogP contribution >= 0.6 is 0 Å². The molecule has 1 saturated heterocycles. The zero-order valence-corrected chi connectivity index (χ0v) is 16.0. The van der Waals surface area contributed by atoms with Crippen LogP contribution in [0, 0.1) is 26.7 Å². The Morgan fingerprint density at radius 2 is 1.81 bits per heavy atom. The number of phenolic OH excluding ortho intramolecular Hbond substituents is 1. The van der Waals surface area contributed by atoms with E-state index in [-0.39, 0.29) is 23.5 Å². The maximum Gasteiger partial charge on any atom is 0.257 e. The molecule has 0 spiro atoms. The lowest BCUT2D eigenvalue weighted by Crippen LogP contribution is -2.41. The molecule has 0 radical (unpaired) electrons. The van der Waals surface area contributed by atoms with Crippen LogP contribution in [0.15, 0.2) is 30.5 Å². The summed E-state index contributed by atoms with van der Waals surface area (Å²) in [6, 6.07) is 7.20. The fourth-order valence-electron chi connectivity index (χ4n) is 3.26. The van der Waals surface area contributed by atoms with Crippen LogP contribution in [0.2, 0.25) is 0 Å². The predicted octanol–water partition coefficient (Wildman–Crippen LogP) is 3.20. The number of hydrogen-bond acceptors (Lipinski definition) is 4. The second kappa shape index (κ2) is 7.78. The number of rotatable bonds is 3. The first-order chi connectivity index (χ1) is 12.9. The summed E-state index contributed by atoms with van der Waals surface area (Å²) in [5.74, 6) is 0.196. The van der Waals surface area contributed by atoms with Crippen molar-refractivity contribution in [2.24, 2.45) is 5.92 Å². The molecule has 1 aliphatic rings. The largest absolute Gasteiger partial charge is 0.507 e. The fraction of sp³-hybridized carbons (Fsp3) is 0.381. The van der Waals surface area contributed by atoms with E-state index in [2.05, 4.69) is 10.3 Å². The van der Waals surface area contributed by atoms with E-state index < -0.39 is 0 Å². The fourth-order valence-corrected chi connectivity index (χ4v) is 3.26. The monoisotopic (exact) mass is 367 g/mol. The van der Waals surface area contributed by atoms with E-state index >= 15 is 0 Å². The van der Waals surface area contributed by atoms with Gasteiger partial charge in [0.2, 0.25) is 5.91 Å². The van der Waals surface area contributed by atoms with E-state index in [1.807, 2.05) is 26.0 Å². The highest BCUT2D eigenvalue weighted by Gasteiger charge is 2.29. The Morgan fingerprint density at radius 3 is 2.44 bits per heavy atom. The van der Waals surface area contributed by atoms with Gasteiger partial charge in [-0.1, -0.05) is 12.1 Å². The van der Waals surface area contributed by atoms with E-state index in [4.69, 9.17) is 0 Å². The molecule has 0 unspecified atom stereocenters. The van der Waals surface area contributed by atoms with Crippen LogP contribution in [0.4, 0.5) is 5.82 Å². The molecular formula is C21H25N3O3. The molecule has 1 aromatic heterocycles. The minimum absolute atomic E-state index is 0.0466. The minimum atomic E-state index is -0.186. The van der Waals surface area contributed by atoms with Crippen LogP contribution in [-0.2, 0) is 4.79 Å². The molecule has 27 heavy (non-hydrogen) atoms. The molecule has 0 aliphatic carbocycles. The van der Waals surface area contributed by atoms with Crippen molar-refractivity contribution in [2.75, 3.05) is 18.4 Å². The lowest BCUT2D eigenvalue weighted by Gasteiger charge is -2.31. The molecule has 0 saturated carbocycles. The van der Waals surface area contributed by atoms with Gasteiger partial charge < -0.3 is 15.3 Å². The van der Waals surface area contributed by atoms with E-state index in [0.717, 1.165) is 16.7 Å². The SMILES string of the molecule is Cc1ccc(NC(=O)C2CCN(C(=O)c3ccc(C)c(C)c3O)CC2)nc1. The molecule has 1 fully saturated rings. The zero-order chi connectivity index (χ0) is 19.6. The minimum Gasteiger partial charge on any atom is -0.507 e. The van der Waals surface area contributed by atoms with Crippen LogP contribution in [-0.4, -0.2) is 39.9 Å². The number of nitrogens with one attached hydrogen (secondary N) is 1. The van der Waals surface area contributed by atoms with Gasteiger partial charge in [-0.25, -0.2) is 4.98 Å². The van der Waals surface area contributed by atoms with Gasteiger partial charge in [0.1, 0.15) is 11.6 Å². The van der Waals surface area contributed by atoms with Gasteiger partial charge in [0.05, 0.1) is 5.56 Å². The van der Waals surface area contributed by atoms with E-state index in [9.17, 15) is 14.7 Å².